The first-order valence-corrected chi connectivity index (χ1v) is 1.96. The van der Waals surface area contributed by atoms with Gasteiger partial charge in [0.05, 0.1) is 0 Å². The van der Waals surface area contributed by atoms with Crippen LogP contribution in [0.1, 0.15) is 0 Å². The van der Waals surface area contributed by atoms with Gasteiger partial charge in [0, 0.05) is 0 Å². The minimum absolute atomic E-state index is 0. The molecule has 0 atom stereocenters. The number of rotatable bonds is 0. The third kappa shape index (κ3) is 31.8. The van der Waals surface area contributed by atoms with Crippen LogP contribution in [0.4, 0.5) is 0 Å². The number of halogens is 3. The van der Waals surface area contributed by atoms with Crippen LogP contribution in [0, 0.1) is 0 Å². The minimum atomic E-state index is -0.750. The maximum absolute atomic E-state index is 4.81. The van der Waals surface area contributed by atoms with Crippen molar-refractivity contribution in [2.24, 2.45) is 0 Å². The first kappa shape index (κ1) is 15.8. The van der Waals surface area contributed by atoms with Crippen molar-refractivity contribution in [3.63, 3.8) is 0 Å². The summed E-state index contributed by atoms with van der Waals surface area (Å²) < 4.78 is -0.750. The minimum Gasteiger partial charge on any atom is -0.870 e. The van der Waals surface area contributed by atoms with Crippen molar-refractivity contribution in [2.45, 2.75) is 4.30 Å². The van der Waals surface area contributed by atoms with E-state index in [4.69, 9.17) is 34.8 Å². The second kappa shape index (κ2) is 10.4. The van der Waals surface area contributed by atoms with Gasteiger partial charge in [0.15, 0.2) is 4.30 Å². The summed E-state index contributed by atoms with van der Waals surface area (Å²) in [4.78, 5) is 0. The summed E-state index contributed by atoms with van der Waals surface area (Å²) in [6.45, 7) is 0. The molecular weight excluding hydrogens is 173 g/mol. The van der Waals surface area contributed by atoms with Gasteiger partial charge < -0.3 is 5.48 Å². The van der Waals surface area contributed by atoms with E-state index in [0.717, 1.165) is 0 Å². The predicted octanol–water partition coefficient (Wildman–Crippen LogP) is -1.19. The Hall–Kier alpha value is 2.47. The summed E-state index contributed by atoms with van der Waals surface area (Å²) in [5.74, 6) is 0. The van der Waals surface area contributed by atoms with Crippen molar-refractivity contribution in [1.82, 2.24) is 0 Å². The fourth-order valence-corrected chi connectivity index (χ4v) is 0. The molecule has 1 N–H and O–H groups in total. The molecule has 0 amide bonds. The molecule has 0 aliphatic carbocycles. The molecular formula is CH2Cl3KO. The van der Waals surface area contributed by atoms with E-state index in [-0.39, 0.29) is 56.9 Å². The maximum atomic E-state index is 4.81. The molecule has 0 rings (SSSR count). The Labute approximate surface area is 94.1 Å². The second-order valence-electron chi connectivity index (χ2n) is 0.247. The van der Waals surface area contributed by atoms with Crippen LogP contribution in [0.5, 0.6) is 0 Å². The van der Waals surface area contributed by atoms with Gasteiger partial charge >= 0.3 is 51.4 Å². The van der Waals surface area contributed by atoms with Crippen LogP contribution < -0.4 is 51.4 Å². The van der Waals surface area contributed by atoms with Gasteiger partial charge in [-0.15, -0.1) is 0 Å². The summed E-state index contributed by atoms with van der Waals surface area (Å²) in [5, 5.41) is 0. The molecule has 0 aromatic rings. The molecule has 34 valence electrons. The van der Waals surface area contributed by atoms with Crippen molar-refractivity contribution < 1.29 is 56.9 Å². The molecule has 0 bridgehead atoms. The zero-order valence-corrected chi connectivity index (χ0v) is 8.55. The summed E-state index contributed by atoms with van der Waals surface area (Å²) >= 11 is 14.4. The van der Waals surface area contributed by atoms with Crippen molar-refractivity contribution in [3.8, 4) is 0 Å². The van der Waals surface area contributed by atoms with Gasteiger partial charge in [-0.3, -0.25) is 0 Å². The van der Waals surface area contributed by atoms with E-state index in [2.05, 4.69) is 0 Å². The van der Waals surface area contributed by atoms with E-state index in [1.807, 2.05) is 0 Å². The molecule has 1 nitrogen and oxygen atoms in total. The monoisotopic (exact) mass is 174 g/mol. The molecule has 0 unspecified atom stereocenters. The SMILES string of the molecule is ClC(Cl)Cl.[K+].[OH-]. The fourth-order valence-electron chi connectivity index (χ4n) is 0. The molecule has 0 fully saturated rings. The number of hydrogen-bond donors (Lipinski definition) is 0. The van der Waals surface area contributed by atoms with Crippen LogP contribution in [-0.2, 0) is 0 Å². The summed E-state index contributed by atoms with van der Waals surface area (Å²) in [6, 6.07) is 0. The largest absolute Gasteiger partial charge is 1.00 e. The molecule has 0 aliphatic heterocycles. The predicted molar refractivity (Wildman–Crippen MR) is 23.3 cm³/mol. The Balaban J connectivity index is -0.0000000450. The van der Waals surface area contributed by atoms with E-state index in [0.29, 0.717) is 0 Å². The van der Waals surface area contributed by atoms with Crippen molar-refractivity contribution >= 4 is 34.8 Å². The third-order valence-corrected chi connectivity index (χ3v) is 0. The molecule has 5 heteroatoms. The Morgan fingerprint density at radius 1 is 1.00 bits per heavy atom. The second-order valence-corrected chi connectivity index (χ2v) is 2.23. The first-order chi connectivity index (χ1) is 1.73. The molecule has 0 saturated carbocycles. The molecule has 0 spiro atoms. The zero-order chi connectivity index (χ0) is 3.58. The zero-order valence-electron chi connectivity index (χ0n) is 3.16. The fraction of sp³-hybridized carbons (Fsp3) is 1.00. The Morgan fingerprint density at radius 3 is 1.00 bits per heavy atom. The summed E-state index contributed by atoms with van der Waals surface area (Å²) in [6.07, 6.45) is 0. The summed E-state index contributed by atoms with van der Waals surface area (Å²) in [5.41, 5.74) is 0. The van der Waals surface area contributed by atoms with Gasteiger partial charge in [0.1, 0.15) is 0 Å². The van der Waals surface area contributed by atoms with E-state index in [1.54, 1.807) is 0 Å². The molecule has 0 saturated heterocycles. The number of alkyl halides is 3. The summed E-state index contributed by atoms with van der Waals surface area (Å²) in [7, 11) is 0. The molecule has 0 aliphatic rings. The smallest absolute Gasteiger partial charge is 0.870 e. The molecule has 0 heterocycles. The Bertz CT molecular complexity index is 15.5. The first-order valence-electron chi connectivity index (χ1n) is 0.655. The van der Waals surface area contributed by atoms with E-state index < -0.39 is 4.30 Å². The average molecular weight is 175 g/mol. The Kier molecular flexibility index (Phi) is 27.5. The maximum Gasteiger partial charge on any atom is 1.00 e. The van der Waals surface area contributed by atoms with Gasteiger partial charge in [-0.1, -0.05) is 34.8 Å². The quantitative estimate of drug-likeness (QED) is 0.337. The van der Waals surface area contributed by atoms with Crippen LogP contribution in [0.25, 0.3) is 0 Å². The Morgan fingerprint density at radius 2 is 1.00 bits per heavy atom. The van der Waals surface area contributed by atoms with Crippen LogP contribution in [0.3, 0.4) is 0 Å². The van der Waals surface area contributed by atoms with Gasteiger partial charge in [0.25, 0.3) is 0 Å². The molecule has 0 aromatic heterocycles. The molecule has 0 aromatic carbocycles. The van der Waals surface area contributed by atoms with Gasteiger partial charge in [-0.05, 0) is 0 Å². The van der Waals surface area contributed by atoms with Crippen LogP contribution >= 0.6 is 34.8 Å². The third-order valence-electron chi connectivity index (χ3n) is 0. The van der Waals surface area contributed by atoms with Crippen molar-refractivity contribution in [2.75, 3.05) is 0 Å². The normalized spacial score (nSPS) is 6.00. The van der Waals surface area contributed by atoms with E-state index in [1.165, 1.54) is 0 Å². The van der Waals surface area contributed by atoms with Crippen LogP contribution in [0.2, 0.25) is 0 Å². The number of hydrogen-bond acceptors (Lipinski definition) is 1. The standard InChI is InChI=1S/CHCl3.K.H2O/c2-1(3)4;;/h1H;;1H2/q;+1;/p-1. The average Bonchev–Trinajstić information content (AvgIpc) is 0.811. The van der Waals surface area contributed by atoms with E-state index >= 15 is 0 Å². The van der Waals surface area contributed by atoms with Crippen LogP contribution in [0.15, 0.2) is 0 Å². The van der Waals surface area contributed by atoms with E-state index in [9.17, 15) is 0 Å². The molecule has 0 radical (unpaired) electrons. The topological polar surface area (TPSA) is 30.0 Å². The van der Waals surface area contributed by atoms with Crippen LogP contribution in [-0.4, -0.2) is 9.77 Å². The van der Waals surface area contributed by atoms with Crippen molar-refractivity contribution in [3.05, 3.63) is 0 Å². The van der Waals surface area contributed by atoms with Gasteiger partial charge in [0.2, 0.25) is 0 Å². The molecule has 6 heavy (non-hydrogen) atoms. The van der Waals surface area contributed by atoms with Gasteiger partial charge in [-0.2, -0.15) is 0 Å². The van der Waals surface area contributed by atoms with Crippen molar-refractivity contribution in [1.29, 1.82) is 0 Å². The van der Waals surface area contributed by atoms with Gasteiger partial charge in [-0.25, -0.2) is 0 Å².